The highest BCUT2D eigenvalue weighted by molar-refractivity contribution is 6.30. The topological polar surface area (TPSA) is 37.3 Å². The van der Waals surface area contributed by atoms with Gasteiger partial charge in [0, 0.05) is 5.02 Å². The molecule has 1 rings (SSSR count). The molecule has 1 unspecified atom stereocenters. The van der Waals surface area contributed by atoms with E-state index in [0.717, 1.165) is 12.0 Å². The third-order valence-corrected chi connectivity index (χ3v) is 2.40. The summed E-state index contributed by atoms with van der Waals surface area (Å²) in [5.41, 5.74) is 0.823. The fraction of sp³-hybridized carbons (Fsp3) is 0.364. The number of hydrogen-bond acceptors (Lipinski definition) is 1. The molecule has 0 spiro atoms. The summed E-state index contributed by atoms with van der Waals surface area (Å²) in [5, 5.41) is 9.63. The highest BCUT2D eigenvalue weighted by Gasteiger charge is 2.17. The lowest BCUT2D eigenvalue weighted by Gasteiger charge is -2.11. The summed E-state index contributed by atoms with van der Waals surface area (Å²) in [6, 6.07) is 7.00. The van der Waals surface area contributed by atoms with E-state index in [9.17, 15) is 4.79 Å². The molecule has 0 saturated carbocycles. The number of benzene rings is 1. The maximum atomic E-state index is 10.9. The van der Waals surface area contributed by atoms with Gasteiger partial charge in [-0.15, -0.1) is 0 Å². The van der Waals surface area contributed by atoms with Crippen LogP contribution >= 0.6 is 11.6 Å². The highest BCUT2D eigenvalue weighted by atomic mass is 35.5. The van der Waals surface area contributed by atoms with Crippen molar-refractivity contribution in [3.63, 3.8) is 0 Å². The first kappa shape index (κ1) is 11.1. The van der Waals surface area contributed by atoms with Gasteiger partial charge in [-0.25, -0.2) is 0 Å². The number of rotatable bonds is 4. The second-order valence-electron chi connectivity index (χ2n) is 3.23. The minimum Gasteiger partial charge on any atom is -0.481 e. The van der Waals surface area contributed by atoms with Crippen molar-refractivity contribution in [3.05, 3.63) is 34.9 Å². The third-order valence-electron chi connectivity index (χ3n) is 2.15. The summed E-state index contributed by atoms with van der Waals surface area (Å²) in [7, 11) is 0. The Balaban J connectivity index is 2.87. The monoisotopic (exact) mass is 212 g/mol. The summed E-state index contributed by atoms with van der Waals surface area (Å²) in [5.74, 6) is -1.17. The van der Waals surface area contributed by atoms with Crippen LogP contribution in [0.3, 0.4) is 0 Å². The van der Waals surface area contributed by atoms with E-state index >= 15 is 0 Å². The summed E-state index contributed by atoms with van der Waals surface area (Å²) >= 11 is 5.73. The molecular formula is C11H13ClO2. The van der Waals surface area contributed by atoms with E-state index in [-0.39, 0.29) is 0 Å². The average molecular weight is 213 g/mol. The van der Waals surface area contributed by atoms with Crippen LogP contribution in [0.1, 0.15) is 31.2 Å². The van der Waals surface area contributed by atoms with Crippen molar-refractivity contribution in [1.29, 1.82) is 0 Å². The van der Waals surface area contributed by atoms with Crippen molar-refractivity contribution in [2.75, 3.05) is 0 Å². The first-order chi connectivity index (χ1) is 6.65. The zero-order valence-corrected chi connectivity index (χ0v) is 8.79. The van der Waals surface area contributed by atoms with Crippen LogP contribution in [0.2, 0.25) is 5.02 Å². The molecule has 0 aliphatic heterocycles. The number of carbonyl (C=O) groups is 1. The summed E-state index contributed by atoms with van der Waals surface area (Å²) in [6.45, 7) is 1.98. The molecule has 3 heteroatoms. The van der Waals surface area contributed by atoms with Crippen LogP contribution in [-0.4, -0.2) is 11.1 Å². The Kier molecular flexibility index (Phi) is 3.96. The first-order valence-electron chi connectivity index (χ1n) is 4.63. The maximum Gasteiger partial charge on any atom is 0.310 e. The van der Waals surface area contributed by atoms with Crippen molar-refractivity contribution in [2.45, 2.75) is 25.7 Å². The second kappa shape index (κ2) is 5.01. The predicted molar refractivity (Wildman–Crippen MR) is 56.7 cm³/mol. The van der Waals surface area contributed by atoms with E-state index in [4.69, 9.17) is 16.7 Å². The third kappa shape index (κ3) is 2.74. The normalized spacial score (nSPS) is 12.4. The Hall–Kier alpha value is -1.02. The fourth-order valence-electron chi connectivity index (χ4n) is 1.42. The fourth-order valence-corrected chi connectivity index (χ4v) is 1.54. The number of aliphatic carboxylic acids is 1. The van der Waals surface area contributed by atoms with Crippen molar-refractivity contribution in [3.8, 4) is 0 Å². The average Bonchev–Trinajstić information content (AvgIpc) is 2.15. The Bertz CT molecular complexity index is 306. The minimum atomic E-state index is -0.769. The summed E-state index contributed by atoms with van der Waals surface area (Å²) in [4.78, 5) is 10.9. The van der Waals surface area contributed by atoms with Crippen LogP contribution in [0.25, 0.3) is 0 Å². The molecule has 1 aromatic rings. The Labute approximate surface area is 88.5 Å². The van der Waals surface area contributed by atoms with E-state index in [1.165, 1.54) is 0 Å². The molecule has 1 atom stereocenters. The van der Waals surface area contributed by atoms with Crippen molar-refractivity contribution >= 4 is 17.6 Å². The number of carboxylic acid groups (broad SMARTS) is 1. The molecule has 14 heavy (non-hydrogen) atoms. The van der Waals surface area contributed by atoms with E-state index in [1.807, 2.05) is 6.92 Å². The SMILES string of the molecule is CCCC(C(=O)O)c1ccc(Cl)cc1. The van der Waals surface area contributed by atoms with E-state index in [0.29, 0.717) is 11.4 Å². The van der Waals surface area contributed by atoms with Crippen LogP contribution < -0.4 is 0 Å². The van der Waals surface area contributed by atoms with Crippen LogP contribution in [-0.2, 0) is 4.79 Å². The van der Waals surface area contributed by atoms with Crippen LogP contribution in [0.4, 0.5) is 0 Å². The largest absolute Gasteiger partial charge is 0.481 e. The lowest BCUT2D eigenvalue weighted by atomic mass is 9.95. The molecule has 0 aliphatic rings. The van der Waals surface area contributed by atoms with Gasteiger partial charge in [0.2, 0.25) is 0 Å². The van der Waals surface area contributed by atoms with E-state index in [2.05, 4.69) is 0 Å². The zero-order chi connectivity index (χ0) is 10.6. The van der Waals surface area contributed by atoms with Gasteiger partial charge in [-0.05, 0) is 24.1 Å². The van der Waals surface area contributed by atoms with Gasteiger partial charge in [0.05, 0.1) is 5.92 Å². The quantitative estimate of drug-likeness (QED) is 0.832. The molecule has 0 aromatic heterocycles. The molecule has 1 N–H and O–H groups in total. The number of hydrogen-bond donors (Lipinski definition) is 1. The first-order valence-corrected chi connectivity index (χ1v) is 5.01. The molecule has 1 aromatic carbocycles. The van der Waals surface area contributed by atoms with Crippen LogP contribution in [0.15, 0.2) is 24.3 Å². The Morgan fingerprint density at radius 2 is 2.00 bits per heavy atom. The molecule has 2 nitrogen and oxygen atoms in total. The summed E-state index contributed by atoms with van der Waals surface area (Å²) in [6.07, 6.45) is 1.52. The Morgan fingerprint density at radius 1 is 1.43 bits per heavy atom. The molecule has 0 bridgehead atoms. The maximum absolute atomic E-state index is 10.9. The molecule has 0 heterocycles. The highest BCUT2D eigenvalue weighted by Crippen LogP contribution is 2.23. The molecule has 0 aliphatic carbocycles. The lowest BCUT2D eigenvalue weighted by molar-refractivity contribution is -0.139. The van der Waals surface area contributed by atoms with Crippen molar-refractivity contribution in [2.24, 2.45) is 0 Å². The molecule has 0 amide bonds. The number of halogens is 1. The van der Waals surface area contributed by atoms with Crippen LogP contribution in [0.5, 0.6) is 0 Å². The molecule has 0 fully saturated rings. The smallest absolute Gasteiger partial charge is 0.310 e. The van der Waals surface area contributed by atoms with Crippen LogP contribution in [0, 0.1) is 0 Å². The van der Waals surface area contributed by atoms with Crippen molar-refractivity contribution in [1.82, 2.24) is 0 Å². The number of carboxylic acids is 1. The predicted octanol–water partition coefficient (Wildman–Crippen LogP) is 3.31. The van der Waals surface area contributed by atoms with Gasteiger partial charge in [-0.3, -0.25) is 4.79 Å². The summed E-state index contributed by atoms with van der Waals surface area (Å²) < 4.78 is 0. The Morgan fingerprint density at radius 3 is 2.43 bits per heavy atom. The standard InChI is InChI=1S/C11H13ClO2/c1-2-3-10(11(13)14)8-4-6-9(12)7-5-8/h4-7,10H,2-3H2,1H3,(H,13,14). The van der Waals surface area contributed by atoms with Gasteiger partial charge >= 0.3 is 5.97 Å². The molecule has 76 valence electrons. The van der Waals surface area contributed by atoms with Gasteiger partial charge in [-0.1, -0.05) is 37.1 Å². The van der Waals surface area contributed by atoms with Gasteiger partial charge < -0.3 is 5.11 Å². The van der Waals surface area contributed by atoms with E-state index in [1.54, 1.807) is 24.3 Å². The zero-order valence-electron chi connectivity index (χ0n) is 8.03. The lowest BCUT2D eigenvalue weighted by Crippen LogP contribution is -2.11. The van der Waals surface area contributed by atoms with E-state index < -0.39 is 11.9 Å². The second-order valence-corrected chi connectivity index (χ2v) is 3.67. The molecular weight excluding hydrogens is 200 g/mol. The van der Waals surface area contributed by atoms with Gasteiger partial charge in [0.15, 0.2) is 0 Å². The van der Waals surface area contributed by atoms with Crippen molar-refractivity contribution < 1.29 is 9.90 Å². The van der Waals surface area contributed by atoms with Gasteiger partial charge in [0.1, 0.15) is 0 Å². The minimum absolute atomic E-state index is 0.405. The van der Waals surface area contributed by atoms with Gasteiger partial charge in [-0.2, -0.15) is 0 Å². The van der Waals surface area contributed by atoms with Gasteiger partial charge in [0.25, 0.3) is 0 Å². The molecule has 0 saturated heterocycles. The molecule has 0 radical (unpaired) electrons.